The van der Waals surface area contributed by atoms with Gasteiger partial charge in [-0.3, -0.25) is 9.59 Å². The normalized spacial score (nSPS) is 36.3. The number of nitrogens with zero attached hydrogens (tertiary/aromatic N) is 1. The van der Waals surface area contributed by atoms with Crippen LogP contribution in [0.5, 0.6) is 0 Å². The van der Waals surface area contributed by atoms with E-state index in [0.717, 1.165) is 29.9 Å². The molecule has 4 nitrogen and oxygen atoms in total. The van der Waals surface area contributed by atoms with E-state index < -0.39 is 6.10 Å². The van der Waals surface area contributed by atoms with E-state index in [1.807, 2.05) is 23.1 Å². The van der Waals surface area contributed by atoms with Gasteiger partial charge in [-0.2, -0.15) is 0 Å². The smallest absolute Gasteiger partial charge is 0.307 e. The highest BCUT2D eigenvalue weighted by atomic mass is 16.5. The van der Waals surface area contributed by atoms with Gasteiger partial charge in [-0.15, -0.1) is 0 Å². The lowest BCUT2D eigenvalue weighted by atomic mass is 9.49. The molecule has 150 valence electrons. The van der Waals surface area contributed by atoms with E-state index in [1.54, 1.807) is 6.92 Å². The van der Waals surface area contributed by atoms with Crippen molar-refractivity contribution in [3.63, 3.8) is 0 Å². The SMILES string of the molecule is C[C@@H]1Cc2ccccc2N1C(=O)[C@@H](C)OC(=O)CC12CC3CC(CC(C3)C1)C2. The quantitative estimate of drug-likeness (QED) is 0.721. The van der Waals surface area contributed by atoms with Gasteiger partial charge in [-0.1, -0.05) is 18.2 Å². The van der Waals surface area contributed by atoms with Crippen LogP contribution in [0.2, 0.25) is 0 Å². The van der Waals surface area contributed by atoms with Gasteiger partial charge in [-0.05, 0) is 93.6 Å². The Kier molecular flexibility index (Phi) is 4.29. The number of amides is 1. The molecule has 1 heterocycles. The van der Waals surface area contributed by atoms with Gasteiger partial charge in [0.05, 0.1) is 6.42 Å². The Morgan fingerprint density at radius 1 is 1.11 bits per heavy atom. The lowest BCUT2D eigenvalue weighted by molar-refractivity contribution is -0.160. The summed E-state index contributed by atoms with van der Waals surface area (Å²) in [5.41, 5.74) is 2.31. The molecule has 28 heavy (non-hydrogen) atoms. The minimum atomic E-state index is -0.727. The molecule has 4 saturated carbocycles. The number of carbonyl (C=O) groups excluding carboxylic acids is 2. The minimum absolute atomic E-state index is 0.101. The molecule has 1 amide bonds. The van der Waals surface area contributed by atoms with E-state index in [0.29, 0.717) is 6.42 Å². The number of ether oxygens (including phenoxy) is 1. The third kappa shape index (κ3) is 3.05. The average molecular weight is 382 g/mol. The molecule has 5 aliphatic rings. The van der Waals surface area contributed by atoms with Gasteiger partial charge in [0.25, 0.3) is 5.91 Å². The first-order valence-corrected chi connectivity index (χ1v) is 11.0. The van der Waals surface area contributed by atoms with Crippen molar-refractivity contribution >= 4 is 17.6 Å². The number of benzene rings is 1. The van der Waals surface area contributed by atoms with Crippen LogP contribution >= 0.6 is 0 Å². The first-order valence-electron chi connectivity index (χ1n) is 11.0. The maximum atomic E-state index is 13.1. The average Bonchev–Trinajstić information content (AvgIpc) is 2.94. The van der Waals surface area contributed by atoms with E-state index >= 15 is 0 Å². The molecule has 0 spiro atoms. The van der Waals surface area contributed by atoms with Crippen molar-refractivity contribution in [1.29, 1.82) is 0 Å². The second-order valence-electron chi connectivity index (χ2n) is 10.1. The van der Waals surface area contributed by atoms with Crippen molar-refractivity contribution in [1.82, 2.24) is 0 Å². The number of fused-ring (bicyclic) bond motifs is 1. The molecule has 4 bridgehead atoms. The number of carbonyl (C=O) groups is 2. The summed E-state index contributed by atoms with van der Waals surface area (Å²) in [6, 6.07) is 8.13. The molecular weight excluding hydrogens is 350 g/mol. The highest BCUT2D eigenvalue weighted by Crippen LogP contribution is 2.61. The third-order valence-corrected chi connectivity index (χ3v) is 7.79. The summed E-state index contributed by atoms with van der Waals surface area (Å²) in [5.74, 6) is 2.18. The van der Waals surface area contributed by atoms with Crippen molar-refractivity contribution in [2.45, 2.75) is 77.4 Å². The number of rotatable bonds is 4. The topological polar surface area (TPSA) is 46.6 Å². The van der Waals surface area contributed by atoms with Crippen molar-refractivity contribution < 1.29 is 14.3 Å². The van der Waals surface area contributed by atoms with Crippen LogP contribution in [0.4, 0.5) is 5.69 Å². The number of esters is 1. The summed E-state index contributed by atoms with van der Waals surface area (Å²) < 4.78 is 5.70. The summed E-state index contributed by atoms with van der Waals surface area (Å²) in [6.45, 7) is 3.79. The molecule has 0 N–H and O–H groups in total. The number of anilines is 1. The lowest BCUT2D eigenvalue weighted by Gasteiger charge is -2.56. The van der Waals surface area contributed by atoms with Crippen LogP contribution in [-0.2, 0) is 20.7 Å². The van der Waals surface area contributed by atoms with Crippen LogP contribution < -0.4 is 4.90 Å². The summed E-state index contributed by atoms with van der Waals surface area (Å²) in [7, 11) is 0. The van der Waals surface area contributed by atoms with Gasteiger partial charge in [0.15, 0.2) is 6.10 Å². The van der Waals surface area contributed by atoms with Crippen LogP contribution in [0.25, 0.3) is 0 Å². The van der Waals surface area contributed by atoms with Gasteiger partial charge in [0, 0.05) is 11.7 Å². The molecule has 1 aromatic carbocycles. The van der Waals surface area contributed by atoms with E-state index in [9.17, 15) is 9.59 Å². The predicted octanol–water partition coefficient (Wildman–Crippen LogP) is 4.50. The molecule has 1 aliphatic heterocycles. The summed E-state index contributed by atoms with van der Waals surface area (Å²) in [5, 5.41) is 0. The number of hydrogen-bond donors (Lipinski definition) is 0. The van der Waals surface area contributed by atoms with Gasteiger partial charge in [-0.25, -0.2) is 0 Å². The van der Waals surface area contributed by atoms with Crippen LogP contribution in [0.15, 0.2) is 24.3 Å². The molecule has 2 atom stereocenters. The Labute approximate surface area is 167 Å². The van der Waals surface area contributed by atoms with Crippen molar-refractivity contribution in [2.75, 3.05) is 4.90 Å². The predicted molar refractivity (Wildman–Crippen MR) is 108 cm³/mol. The van der Waals surface area contributed by atoms with Crippen LogP contribution in [0.3, 0.4) is 0 Å². The first kappa shape index (κ1) is 18.2. The molecule has 4 heteroatoms. The highest BCUT2D eigenvalue weighted by molar-refractivity contribution is 5.99. The van der Waals surface area contributed by atoms with Crippen molar-refractivity contribution in [3.05, 3.63) is 29.8 Å². The van der Waals surface area contributed by atoms with Crippen LogP contribution in [0.1, 0.15) is 64.4 Å². The zero-order valence-electron chi connectivity index (χ0n) is 17.0. The van der Waals surface area contributed by atoms with Crippen molar-refractivity contribution in [2.24, 2.45) is 23.2 Å². The lowest BCUT2D eigenvalue weighted by Crippen LogP contribution is -2.48. The summed E-state index contributed by atoms with van der Waals surface area (Å²) >= 11 is 0. The molecule has 0 saturated heterocycles. The minimum Gasteiger partial charge on any atom is -0.453 e. The third-order valence-electron chi connectivity index (χ3n) is 7.79. The fraction of sp³-hybridized carbons (Fsp3) is 0.667. The van der Waals surface area contributed by atoms with Gasteiger partial charge < -0.3 is 9.64 Å². The van der Waals surface area contributed by atoms with Gasteiger partial charge in [0.2, 0.25) is 0 Å². The van der Waals surface area contributed by atoms with Crippen LogP contribution in [0, 0.1) is 23.2 Å². The molecule has 0 unspecified atom stereocenters. The Bertz CT molecular complexity index is 766. The molecular formula is C24H31NO3. The second-order valence-corrected chi connectivity index (χ2v) is 10.1. The molecule has 1 aromatic rings. The van der Waals surface area contributed by atoms with Gasteiger partial charge in [0.1, 0.15) is 0 Å². The van der Waals surface area contributed by atoms with E-state index in [4.69, 9.17) is 4.74 Å². The summed E-state index contributed by atoms with van der Waals surface area (Å²) in [6.07, 6.45) is 8.30. The number of hydrogen-bond acceptors (Lipinski definition) is 3. The fourth-order valence-electron chi connectivity index (χ4n) is 7.20. The van der Waals surface area contributed by atoms with Crippen LogP contribution in [-0.4, -0.2) is 24.0 Å². The van der Waals surface area contributed by atoms with E-state index in [-0.39, 0.29) is 23.3 Å². The van der Waals surface area contributed by atoms with E-state index in [2.05, 4.69) is 13.0 Å². The zero-order valence-corrected chi connectivity index (χ0v) is 17.0. The van der Waals surface area contributed by atoms with Gasteiger partial charge >= 0.3 is 5.97 Å². The molecule has 6 rings (SSSR count). The molecule has 4 aliphatic carbocycles. The Balaban J connectivity index is 1.24. The number of para-hydroxylation sites is 1. The Morgan fingerprint density at radius 2 is 1.71 bits per heavy atom. The Morgan fingerprint density at radius 3 is 2.36 bits per heavy atom. The maximum Gasteiger partial charge on any atom is 0.307 e. The first-order chi connectivity index (χ1) is 13.4. The van der Waals surface area contributed by atoms with Crippen molar-refractivity contribution in [3.8, 4) is 0 Å². The second kappa shape index (κ2) is 6.60. The highest BCUT2D eigenvalue weighted by Gasteiger charge is 2.52. The maximum absolute atomic E-state index is 13.1. The largest absolute Gasteiger partial charge is 0.453 e. The molecule has 0 radical (unpaired) electrons. The monoisotopic (exact) mass is 381 g/mol. The Hall–Kier alpha value is -1.84. The zero-order chi connectivity index (χ0) is 19.5. The van der Waals surface area contributed by atoms with E-state index in [1.165, 1.54) is 44.1 Å². The standard InChI is InChI=1S/C24H31NO3/c1-15-7-20-5-3-4-6-21(20)25(15)23(27)16(2)28-22(26)14-24-11-17-8-18(12-24)10-19(9-17)13-24/h3-6,15-19H,7-14H2,1-2H3/t15-,16-,17?,18?,19?,24?/m1/s1. The fourth-order valence-corrected chi connectivity index (χ4v) is 7.20. The molecule has 0 aromatic heterocycles. The molecule has 4 fully saturated rings. The summed E-state index contributed by atoms with van der Waals surface area (Å²) in [4.78, 5) is 27.7.